The van der Waals surface area contributed by atoms with Crippen LogP contribution < -0.4 is 0 Å². The highest BCUT2D eigenvalue weighted by Crippen LogP contribution is 2.36. The number of nitrogens with zero attached hydrogens (tertiary/aromatic N) is 1. The average Bonchev–Trinajstić information content (AvgIpc) is 2.40. The summed E-state index contributed by atoms with van der Waals surface area (Å²) in [6.07, 6.45) is 1.64. The molecule has 0 fully saturated rings. The van der Waals surface area contributed by atoms with Crippen molar-refractivity contribution >= 4 is 22.6 Å². The van der Waals surface area contributed by atoms with Crippen LogP contribution in [0.4, 0.5) is 0 Å². The molecule has 0 rings (SSSR count). The lowest BCUT2D eigenvalue weighted by molar-refractivity contribution is -0.135. The average molecular weight is 376 g/mol. The Kier molecular flexibility index (Phi) is 10.0. The Morgan fingerprint density at radius 3 is 2.08 bits per heavy atom. The van der Waals surface area contributed by atoms with Crippen molar-refractivity contribution in [2.75, 3.05) is 26.2 Å². The van der Waals surface area contributed by atoms with Gasteiger partial charge in [-0.2, -0.15) is 0 Å². The second-order valence-electron chi connectivity index (χ2n) is 8.71. The summed E-state index contributed by atoms with van der Waals surface area (Å²) in [6, 6.07) is 1.17. The number of carbonyl (C=O) groups is 1. The molecule has 6 heteroatoms. The second kappa shape index (κ2) is 10.1. The molecule has 0 aromatic heterocycles. The van der Waals surface area contributed by atoms with E-state index in [0.29, 0.717) is 6.42 Å². The van der Waals surface area contributed by atoms with E-state index in [0.717, 1.165) is 32.7 Å². The highest BCUT2D eigenvalue weighted by atomic mass is 28.4. The van der Waals surface area contributed by atoms with Crippen LogP contribution in [0.5, 0.6) is 0 Å². The SMILES string of the molecule is CCO[Si](C)(C)CCCN(CC)CCC(=O)O[Si](C)(C)C(C)(C)C. The van der Waals surface area contributed by atoms with E-state index >= 15 is 0 Å². The molecule has 0 N–H and O–H groups in total. The lowest BCUT2D eigenvalue weighted by Gasteiger charge is -2.35. The van der Waals surface area contributed by atoms with Gasteiger partial charge in [-0.1, -0.05) is 27.7 Å². The Labute approximate surface area is 152 Å². The Morgan fingerprint density at radius 1 is 1.04 bits per heavy atom. The summed E-state index contributed by atoms with van der Waals surface area (Å²) >= 11 is 0. The van der Waals surface area contributed by atoms with Crippen molar-refractivity contribution in [3.63, 3.8) is 0 Å². The van der Waals surface area contributed by atoms with Gasteiger partial charge < -0.3 is 13.8 Å². The lowest BCUT2D eigenvalue weighted by atomic mass is 10.2. The topological polar surface area (TPSA) is 38.8 Å². The molecular weight excluding hydrogens is 334 g/mol. The van der Waals surface area contributed by atoms with Crippen LogP contribution in [0.1, 0.15) is 47.5 Å². The molecule has 0 aliphatic heterocycles. The maximum atomic E-state index is 12.2. The van der Waals surface area contributed by atoms with E-state index < -0.39 is 16.6 Å². The van der Waals surface area contributed by atoms with E-state index in [9.17, 15) is 4.79 Å². The quantitative estimate of drug-likeness (QED) is 0.482. The van der Waals surface area contributed by atoms with Crippen molar-refractivity contribution < 1.29 is 13.6 Å². The highest BCUT2D eigenvalue weighted by Gasteiger charge is 2.40. The van der Waals surface area contributed by atoms with Gasteiger partial charge in [0.05, 0.1) is 6.42 Å². The monoisotopic (exact) mass is 375 g/mol. The Balaban J connectivity index is 4.24. The Bertz CT molecular complexity index is 379. The fourth-order valence-corrected chi connectivity index (χ4v) is 5.27. The molecule has 0 bridgehead atoms. The fraction of sp³-hybridized carbons (Fsp3) is 0.944. The molecule has 0 atom stereocenters. The molecule has 0 saturated heterocycles. The predicted molar refractivity (Wildman–Crippen MR) is 109 cm³/mol. The van der Waals surface area contributed by atoms with Crippen molar-refractivity contribution in [1.82, 2.24) is 4.90 Å². The van der Waals surface area contributed by atoms with Crippen molar-refractivity contribution in [3.05, 3.63) is 0 Å². The third kappa shape index (κ3) is 9.34. The zero-order chi connectivity index (χ0) is 19.0. The molecule has 0 aromatic rings. The van der Waals surface area contributed by atoms with Gasteiger partial charge >= 0.3 is 0 Å². The van der Waals surface area contributed by atoms with Crippen LogP contribution in [-0.4, -0.2) is 53.7 Å². The van der Waals surface area contributed by atoms with Crippen molar-refractivity contribution in [2.24, 2.45) is 0 Å². The summed E-state index contributed by atoms with van der Waals surface area (Å²) < 4.78 is 11.7. The first-order chi connectivity index (χ1) is 10.8. The van der Waals surface area contributed by atoms with Crippen LogP contribution in [0.2, 0.25) is 37.3 Å². The van der Waals surface area contributed by atoms with Crippen molar-refractivity contribution in [2.45, 2.75) is 84.7 Å². The zero-order valence-electron chi connectivity index (χ0n) is 17.6. The molecule has 0 radical (unpaired) electrons. The van der Waals surface area contributed by atoms with E-state index in [1.54, 1.807) is 0 Å². The number of rotatable bonds is 11. The van der Waals surface area contributed by atoms with Gasteiger partial charge in [0, 0.05) is 13.2 Å². The molecule has 0 saturated carbocycles. The van der Waals surface area contributed by atoms with Gasteiger partial charge in [0.15, 0.2) is 8.32 Å². The molecular formula is C18H41NO3Si2. The van der Waals surface area contributed by atoms with Crippen LogP contribution in [0.3, 0.4) is 0 Å². The van der Waals surface area contributed by atoms with Crippen LogP contribution in [0.25, 0.3) is 0 Å². The smallest absolute Gasteiger partial charge is 0.293 e. The number of hydrogen-bond donors (Lipinski definition) is 0. The molecule has 0 spiro atoms. The summed E-state index contributed by atoms with van der Waals surface area (Å²) in [5.41, 5.74) is 0. The molecule has 0 aliphatic carbocycles. The first-order valence-corrected chi connectivity index (χ1v) is 15.4. The summed E-state index contributed by atoms with van der Waals surface area (Å²) in [5, 5.41) is 0.0720. The van der Waals surface area contributed by atoms with E-state index in [2.05, 4.69) is 65.7 Å². The maximum Gasteiger partial charge on any atom is 0.293 e. The van der Waals surface area contributed by atoms with Gasteiger partial charge in [-0.05, 0) is 63.7 Å². The van der Waals surface area contributed by atoms with E-state index in [4.69, 9.17) is 8.85 Å². The Morgan fingerprint density at radius 2 is 1.62 bits per heavy atom. The maximum absolute atomic E-state index is 12.2. The van der Waals surface area contributed by atoms with Gasteiger partial charge in [-0.3, -0.25) is 4.79 Å². The lowest BCUT2D eigenvalue weighted by Crippen LogP contribution is -2.43. The standard InChI is InChI=1S/C18H41NO3Si2/c1-10-19(14-12-16-23(6,7)21-11-2)15-13-17(20)22-24(8,9)18(3,4)5/h10-16H2,1-9H3. The van der Waals surface area contributed by atoms with E-state index in [1.807, 2.05) is 0 Å². The largest absolute Gasteiger partial charge is 0.519 e. The molecule has 24 heavy (non-hydrogen) atoms. The second-order valence-corrected chi connectivity index (χ2v) is 17.7. The molecule has 4 nitrogen and oxygen atoms in total. The minimum atomic E-state index is -1.99. The number of hydrogen-bond acceptors (Lipinski definition) is 4. The summed E-state index contributed by atoms with van der Waals surface area (Å²) in [5.74, 6) is -0.0379. The minimum absolute atomic E-state index is 0.0379. The van der Waals surface area contributed by atoms with Gasteiger partial charge in [-0.25, -0.2) is 0 Å². The number of carbonyl (C=O) groups excluding carboxylic acids is 1. The van der Waals surface area contributed by atoms with Crippen molar-refractivity contribution in [3.8, 4) is 0 Å². The normalized spacial score (nSPS) is 13.4. The van der Waals surface area contributed by atoms with Crippen molar-refractivity contribution in [1.29, 1.82) is 0 Å². The summed E-state index contributed by atoms with van der Waals surface area (Å²) in [7, 11) is -3.48. The molecule has 0 aromatic carbocycles. The van der Waals surface area contributed by atoms with Gasteiger partial charge in [-0.15, -0.1) is 0 Å². The Hall–Kier alpha value is -0.176. The molecule has 0 aliphatic rings. The third-order valence-corrected chi connectivity index (χ3v) is 12.0. The first-order valence-electron chi connectivity index (χ1n) is 9.43. The molecule has 144 valence electrons. The first kappa shape index (κ1) is 23.8. The van der Waals surface area contributed by atoms with Crippen LogP contribution in [-0.2, 0) is 13.6 Å². The van der Waals surface area contributed by atoms with E-state index in [1.165, 1.54) is 6.04 Å². The van der Waals surface area contributed by atoms with Crippen LogP contribution in [0, 0.1) is 0 Å². The molecule has 0 unspecified atom stereocenters. The predicted octanol–water partition coefficient (Wildman–Crippen LogP) is 4.88. The van der Waals surface area contributed by atoms with Gasteiger partial charge in [0.25, 0.3) is 14.3 Å². The molecule has 0 heterocycles. The summed E-state index contributed by atoms with van der Waals surface area (Å²) in [4.78, 5) is 14.6. The van der Waals surface area contributed by atoms with E-state index in [-0.39, 0.29) is 11.0 Å². The summed E-state index contributed by atoms with van der Waals surface area (Å²) in [6.45, 7) is 23.1. The zero-order valence-corrected chi connectivity index (χ0v) is 19.6. The van der Waals surface area contributed by atoms with Crippen LogP contribution >= 0.6 is 0 Å². The van der Waals surface area contributed by atoms with Gasteiger partial charge in [0.1, 0.15) is 0 Å². The fourth-order valence-electron chi connectivity index (χ4n) is 2.36. The highest BCUT2D eigenvalue weighted by molar-refractivity contribution is 6.75. The minimum Gasteiger partial charge on any atom is -0.519 e. The third-order valence-electron chi connectivity index (χ3n) is 5.04. The molecule has 0 amide bonds. The van der Waals surface area contributed by atoms with Crippen LogP contribution in [0.15, 0.2) is 0 Å². The van der Waals surface area contributed by atoms with Gasteiger partial charge in [0.2, 0.25) is 0 Å².